The van der Waals surface area contributed by atoms with E-state index >= 15 is 0 Å². The van der Waals surface area contributed by atoms with Gasteiger partial charge in [-0.25, -0.2) is 0 Å². The molecule has 0 bridgehead atoms. The predicted octanol–water partition coefficient (Wildman–Crippen LogP) is 4.05. The molecule has 4 saturated carbocycles. The first-order valence-electron chi connectivity index (χ1n) is 12.0. The minimum absolute atomic E-state index is 0.00277. The number of rotatable bonds is 4. The minimum atomic E-state index is -0.758. The van der Waals surface area contributed by atoms with E-state index in [1.165, 1.54) is 0 Å². The number of carbonyl (C=O) groups excluding carboxylic acids is 1. The Labute approximate surface area is 180 Å². The third kappa shape index (κ3) is 2.94. The molecule has 4 fully saturated rings. The quantitative estimate of drug-likeness (QED) is 0.638. The van der Waals surface area contributed by atoms with E-state index in [0.29, 0.717) is 37.9 Å². The number of hydrogen-bond acceptors (Lipinski definition) is 4. The second kappa shape index (κ2) is 7.30. The summed E-state index contributed by atoms with van der Waals surface area (Å²) in [6, 6.07) is 0. The molecular weight excluding hydrogens is 380 g/mol. The fourth-order valence-electron chi connectivity index (χ4n) is 9.11. The third-order valence-electron chi connectivity index (χ3n) is 10.9. The van der Waals surface area contributed by atoms with Gasteiger partial charge < -0.3 is 15.3 Å². The SMILES string of the molecule is C[C@H](CCC(=O)O)[C@H]1CC[C@@H]2[C@]1(C)[C@@H](O)C[C@@H]1[C@@]3(C)CCC(=O)C[C@H]3C[C@@H](O)[C@@]21C. The lowest BCUT2D eigenvalue weighted by Crippen LogP contribution is -2.67. The first-order valence-corrected chi connectivity index (χ1v) is 12.0. The molecule has 4 aliphatic rings. The van der Waals surface area contributed by atoms with Gasteiger partial charge in [0.25, 0.3) is 0 Å². The number of Topliss-reactive ketones (excluding diaryl/α,β-unsaturated/α-hetero) is 1. The highest BCUT2D eigenvalue weighted by Crippen LogP contribution is 2.72. The largest absolute Gasteiger partial charge is 0.481 e. The molecule has 5 nitrogen and oxygen atoms in total. The number of aliphatic hydroxyl groups excluding tert-OH is 2. The molecule has 0 saturated heterocycles. The smallest absolute Gasteiger partial charge is 0.303 e. The topological polar surface area (TPSA) is 94.8 Å². The Bertz CT molecular complexity index is 720. The van der Waals surface area contributed by atoms with Crippen LogP contribution in [-0.2, 0) is 9.59 Å². The van der Waals surface area contributed by atoms with Gasteiger partial charge in [-0.05, 0) is 78.9 Å². The Balaban J connectivity index is 1.67. The monoisotopic (exact) mass is 420 g/mol. The molecule has 5 heteroatoms. The van der Waals surface area contributed by atoms with Gasteiger partial charge in [0.1, 0.15) is 5.78 Å². The molecule has 3 N–H and O–H groups in total. The van der Waals surface area contributed by atoms with Gasteiger partial charge in [-0.1, -0.05) is 27.7 Å². The highest BCUT2D eigenvalue weighted by Gasteiger charge is 2.70. The second-order valence-electron chi connectivity index (χ2n) is 11.9. The normalized spacial score (nSPS) is 51.6. The van der Waals surface area contributed by atoms with Crippen molar-refractivity contribution in [3.8, 4) is 0 Å². The van der Waals surface area contributed by atoms with Crippen molar-refractivity contribution in [2.24, 2.45) is 45.8 Å². The van der Waals surface area contributed by atoms with E-state index in [0.717, 1.165) is 19.3 Å². The number of carboxylic acids is 1. The van der Waals surface area contributed by atoms with Gasteiger partial charge in [-0.2, -0.15) is 0 Å². The number of aliphatic hydroxyl groups is 2. The van der Waals surface area contributed by atoms with E-state index < -0.39 is 18.2 Å². The highest BCUT2D eigenvalue weighted by atomic mass is 16.4. The van der Waals surface area contributed by atoms with Gasteiger partial charge in [-0.15, -0.1) is 0 Å². The zero-order chi connectivity index (χ0) is 22.1. The molecular formula is C25H40O5. The number of fused-ring (bicyclic) bond motifs is 5. The molecule has 0 radical (unpaired) electrons. The van der Waals surface area contributed by atoms with Gasteiger partial charge >= 0.3 is 5.97 Å². The zero-order valence-corrected chi connectivity index (χ0v) is 19.1. The predicted molar refractivity (Wildman–Crippen MR) is 114 cm³/mol. The lowest BCUT2D eigenvalue weighted by atomic mass is 9.38. The number of ketones is 1. The fourth-order valence-corrected chi connectivity index (χ4v) is 9.11. The first-order chi connectivity index (χ1) is 14.0. The van der Waals surface area contributed by atoms with Crippen molar-refractivity contribution < 1.29 is 24.9 Å². The summed E-state index contributed by atoms with van der Waals surface area (Å²) >= 11 is 0. The summed E-state index contributed by atoms with van der Waals surface area (Å²) < 4.78 is 0. The Kier molecular flexibility index (Phi) is 5.42. The minimum Gasteiger partial charge on any atom is -0.481 e. The summed E-state index contributed by atoms with van der Waals surface area (Å²) in [5, 5.41) is 32.2. The van der Waals surface area contributed by atoms with Gasteiger partial charge in [-0.3, -0.25) is 9.59 Å². The maximum atomic E-state index is 12.2. The van der Waals surface area contributed by atoms with Crippen LogP contribution < -0.4 is 0 Å². The van der Waals surface area contributed by atoms with Crippen LogP contribution in [0.5, 0.6) is 0 Å². The summed E-state index contributed by atoms with van der Waals surface area (Å²) in [4.78, 5) is 23.3. The molecule has 4 aliphatic carbocycles. The number of carbonyl (C=O) groups is 2. The Morgan fingerprint density at radius 2 is 1.73 bits per heavy atom. The van der Waals surface area contributed by atoms with E-state index in [4.69, 9.17) is 5.11 Å². The van der Waals surface area contributed by atoms with Gasteiger partial charge in [0.05, 0.1) is 12.2 Å². The second-order valence-corrected chi connectivity index (χ2v) is 11.9. The Morgan fingerprint density at radius 3 is 2.40 bits per heavy atom. The number of carboxylic acid groups (broad SMARTS) is 1. The molecule has 0 aliphatic heterocycles. The molecule has 0 aromatic heterocycles. The van der Waals surface area contributed by atoms with Crippen LogP contribution in [0.15, 0.2) is 0 Å². The summed E-state index contributed by atoms with van der Waals surface area (Å²) in [5.74, 6) is 0.737. The van der Waals surface area contributed by atoms with E-state index in [1.54, 1.807) is 0 Å². The summed E-state index contributed by atoms with van der Waals surface area (Å²) in [6.07, 6.45) is 5.35. The standard InChI is InChI=1S/C25H40O5/c1-14(5-8-22(29)30)17-6-7-18-24(17,3)21(28)13-19-23(2)10-9-16(26)11-15(23)12-20(27)25(18,19)4/h14-15,17-21,27-28H,5-13H2,1-4H3,(H,29,30)/t14-,15+,17-,18-,19-,20-,21+,23+,24-,25+/m1/s1. The fraction of sp³-hybridized carbons (Fsp3) is 0.920. The van der Waals surface area contributed by atoms with Crippen molar-refractivity contribution in [3.05, 3.63) is 0 Å². The molecule has 4 rings (SSSR count). The molecule has 0 spiro atoms. The Morgan fingerprint density at radius 1 is 1.07 bits per heavy atom. The van der Waals surface area contributed by atoms with E-state index in [1.807, 2.05) is 0 Å². The maximum Gasteiger partial charge on any atom is 0.303 e. The van der Waals surface area contributed by atoms with Crippen LogP contribution in [0.3, 0.4) is 0 Å². The Hall–Kier alpha value is -0.940. The summed E-state index contributed by atoms with van der Waals surface area (Å²) in [6.45, 7) is 8.93. The molecule has 0 heterocycles. The van der Waals surface area contributed by atoms with Crippen LogP contribution >= 0.6 is 0 Å². The summed E-state index contributed by atoms with van der Waals surface area (Å²) in [5.41, 5.74) is -0.560. The van der Waals surface area contributed by atoms with Crippen molar-refractivity contribution in [1.82, 2.24) is 0 Å². The van der Waals surface area contributed by atoms with Gasteiger partial charge in [0.15, 0.2) is 0 Å². The molecule has 0 aromatic carbocycles. The maximum absolute atomic E-state index is 12.2. The van der Waals surface area contributed by atoms with Crippen LogP contribution in [-0.4, -0.2) is 39.3 Å². The zero-order valence-electron chi connectivity index (χ0n) is 19.1. The van der Waals surface area contributed by atoms with Crippen molar-refractivity contribution in [2.75, 3.05) is 0 Å². The van der Waals surface area contributed by atoms with E-state index in [2.05, 4.69) is 27.7 Å². The molecule has 0 aromatic rings. The average Bonchev–Trinajstić information content (AvgIpc) is 3.04. The van der Waals surface area contributed by atoms with Crippen LogP contribution in [0.25, 0.3) is 0 Å². The van der Waals surface area contributed by atoms with Gasteiger partial charge in [0, 0.05) is 24.7 Å². The highest BCUT2D eigenvalue weighted by molar-refractivity contribution is 5.79. The molecule has 0 amide bonds. The van der Waals surface area contributed by atoms with E-state index in [-0.39, 0.29) is 52.3 Å². The van der Waals surface area contributed by atoms with Crippen molar-refractivity contribution in [2.45, 2.75) is 97.7 Å². The van der Waals surface area contributed by atoms with Crippen molar-refractivity contribution >= 4 is 11.8 Å². The number of aliphatic carboxylic acids is 1. The van der Waals surface area contributed by atoms with Crippen LogP contribution in [0.2, 0.25) is 0 Å². The molecule has 0 unspecified atom stereocenters. The molecule has 30 heavy (non-hydrogen) atoms. The summed E-state index contributed by atoms with van der Waals surface area (Å²) in [7, 11) is 0. The van der Waals surface area contributed by atoms with Crippen LogP contribution in [0.1, 0.15) is 85.5 Å². The van der Waals surface area contributed by atoms with Crippen LogP contribution in [0.4, 0.5) is 0 Å². The van der Waals surface area contributed by atoms with E-state index in [9.17, 15) is 19.8 Å². The van der Waals surface area contributed by atoms with Crippen molar-refractivity contribution in [3.63, 3.8) is 0 Å². The van der Waals surface area contributed by atoms with Crippen molar-refractivity contribution in [1.29, 1.82) is 0 Å². The average molecular weight is 421 g/mol. The molecule has 170 valence electrons. The lowest BCUT2D eigenvalue weighted by Gasteiger charge is -2.68. The van der Waals surface area contributed by atoms with Crippen LogP contribution in [0, 0.1) is 45.8 Å². The number of hydrogen-bond donors (Lipinski definition) is 3. The third-order valence-corrected chi connectivity index (χ3v) is 10.9. The molecule has 10 atom stereocenters. The van der Waals surface area contributed by atoms with Gasteiger partial charge in [0.2, 0.25) is 0 Å². The lowest BCUT2D eigenvalue weighted by molar-refractivity contribution is -0.246. The first kappa shape index (κ1) is 22.3.